The molecule has 2 aliphatic heterocycles. The number of hydrogen-bond acceptors (Lipinski definition) is 8. The number of H-pyrrole nitrogens is 1. The number of aryl methyl sites for hydroxylation is 1. The highest BCUT2D eigenvalue weighted by Gasteiger charge is 2.63. The molecule has 2 unspecified atom stereocenters. The first-order chi connectivity index (χ1) is 14.4. The van der Waals surface area contributed by atoms with Gasteiger partial charge in [0.1, 0.15) is 34.5 Å². The minimum Gasteiger partial charge on any atom is -0.360 e. The van der Waals surface area contributed by atoms with E-state index in [1.165, 1.54) is 0 Å². The zero-order valence-corrected chi connectivity index (χ0v) is 17.3. The van der Waals surface area contributed by atoms with E-state index in [0.717, 1.165) is 5.56 Å². The van der Waals surface area contributed by atoms with Crippen molar-refractivity contribution in [1.82, 2.24) is 36.0 Å². The molecule has 2 amide bonds. The van der Waals surface area contributed by atoms with Gasteiger partial charge in [-0.2, -0.15) is 0 Å². The van der Waals surface area contributed by atoms with Gasteiger partial charge in [0, 0.05) is 10.3 Å². The molecule has 0 radical (unpaired) electrons. The summed E-state index contributed by atoms with van der Waals surface area (Å²) in [6, 6.07) is 8.40. The van der Waals surface area contributed by atoms with Crippen molar-refractivity contribution in [1.29, 1.82) is 0 Å². The molecule has 2 N–H and O–H groups in total. The van der Waals surface area contributed by atoms with Crippen LogP contribution in [0.4, 0.5) is 0 Å². The number of benzene rings is 1. The molecule has 154 valence electrons. The van der Waals surface area contributed by atoms with Gasteiger partial charge < -0.3 is 14.7 Å². The number of carbonyl (C=O) groups is 2. The van der Waals surface area contributed by atoms with Gasteiger partial charge in [0.2, 0.25) is 5.91 Å². The van der Waals surface area contributed by atoms with E-state index >= 15 is 0 Å². The van der Waals surface area contributed by atoms with Crippen LogP contribution in [0.1, 0.15) is 41.8 Å². The van der Waals surface area contributed by atoms with E-state index in [2.05, 4.69) is 31.1 Å². The van der Waals surface area contributed by atoms with Gasteiger partial charge in [-0.15, -0.1) is 16.9 Å². The Kier molecular flexibility index (Phi) is 4.17. The Hall–Kier alpha value is -3.21. The predicted octanol–water partition coefficient (Wildman–Crippen LogP) is 1.70. The summed E-state index contributed by atoms with van der Waals surface area (Å²) in [7, 11) is 0. The van der Waals surface area contributed by atoms with Crippen LogP contribution in [0, 0.1) is 6.92 Å². The summed E-state index contributed by atoms with van der Waals surface area (Å²) in [6.45, 7) is 5.75. The standard InChI is InChI=1S/C19H19N7O3S/c1-9-11(12(23-29-9)10-7-5-4-6-8-10)16(27)20-13-17(28)26-14(15-21-24-25-22-15)19(2,3)30-18(13)26/h4-8,13-14,18H,1-3H3,(H,20,27)(H,21,22,24,25)/t13?,14?,18-/m1/s1. The summed E-state index contributed by atoms with van der Waals surface area (Å²) in [6.07, 6.45) is 0. The largest absolute Gasteiger partial charge is 0.360 e. The smallest absolute Gasteiger partial charge is 0.257 e. The molecule has 4 heterocycles. The van der Waals surface area contributed by atoms with E-state index in [1.54, 1.807) is 23.6 Å². The maximum Gasteiger partial charge on any atom is 0.257 e. The molecule has 3 aromatic rings. The van der Waals surface area contributed by atoms with E-state index in [9.17, 15) is 9.59 Å². The molecule has 2 fully saturated rings. The summed E-state index contributed by atoms with van der Waals surface area (Å²) in [5.41, 5.74) is 1.57. The summed E-state index contributed by atoms with van der Waals surface area (Å²) >= 11 is 1.62. The lowest BCUT2D eigenvalue weighted by atomic mass is 9.95. The molecular weight excluding hydrogens is 406 g/mol. The molecule has 3 atom stereocenters. The van der Waals surface area contributed by atoms with Gasteiger partial charge in [0.15, 0.2) is 5.82 Å². The Labute approximate surface area is 175 Å². The summed E-state index contributed by atoms with van der Waals surface area (Å²) < 4.78 is 4.96. The van der Waals surface area contributed by atoms with Gasteiger partial charge >= 0.3 is 0 Å². The van der Waals surface area contributed by atoms with Crippen molar-refractivity contribution in [2.45, 2.75) is 43.0 Å². The topological polar surface area (TPSA) is 130 Å². The lowest BCUT2D eigenvalue weighted by molar-refractivity contribution is -0.148. The number of aromatic amines is 1. The van der Waals surface area contributed by atoms with Crippen molar-refractivity contribution >= 4 is 23.6 Å². The number of rotatable bonds is 4. The number of tetrazole rings is 1. The number of hydrogen-bond donors (Lipinski definition) is 2. The van der Waals surface area contributed by atoms with Gasteiger partial charge in [-0.25, -0.2) is 5.10 Å². The molecule has 11 heteroatoms. The maximum absolute atomic E-state index is 13.1. The summed E-state index contributed by atoms with van der Waals surface area (Å²) in [4.78, 5) is 27.8. The van der Waals surface area contributed by atoms with E-state index in [-0.39, 0.29) is 28.0 Å². The molecule has 0 aliphatic carbocycles. The number of amides is 2. The zero-order valence-electron chi connectivity index (χ0n) is 16.5. The second-order valence-electron chi connectivity index (χ2n) is 7.83. The predicted molar refractivity (Wildman–Crippen MR) is 107 cm³/mol. The normalized spacial score (nSPS) is 24.4. The number of carbonyl (C=O) groups excluding carboxylic acids is 2. The summed E-state index contributed by atoms with van der Waals surface area (Å²) in [5.74, 6) is 0.395. The van der Waals surface area contributed by atoms with Crippen molar-refractivity contribution in [3.05, 3.63) is 47.5 Å². The highest BCUT2D eigenvalue weighted by molar-refractivity contribution is 8.01. The van der Waals surface area contributed by atoms with Crippen LogP contribution in [0.3, 0.4) is 0 Å². The lowest BCUT2D eigenvalue weighted by Crippen LogP contribution is -2.67. The molecule has 2 aromatic heterocycles. The second kappa shape index (κ2) is 6.66. The van der Waals surface area contributed by atoms with Crippen molar-refractivity contribution in [2.75, 3.05) is 0 Å². The first kappa shape index (κ1) is 18.8. The van der Waals surface area contributed by atoms with Crippen LogP contribution >= 0.6 is 11.8 Å². The molecule has 10 nitrogen and oxygen atoms in total. The average molecular weight is 425 g/mol. The second-order valence-corrected chi connectivity index (χ2v) is 9.60. The Bertz CT molecular complexity index is 1110. The zero-order chi connectivity index (χ0) is 21.0. The third-order valence-electron chi connectivity index (χ3n) is 5.49. The molecule has 0 spiro atoms. The Balaban J connectivity index is 1.39. The number of fused-ring (bicyclic) bond motifs is 1. The molecule has 0 bridgehead atoms. The van der Waals surface area contributed by atoms with Crippen molar-refractivity contribution in [2.24, 2.45) is 0 Å². The van der Waals surface area contributed by atoms with Crippen LogP contribution in [0.5, 0.6) is 0 Å². The number of thioether (sulfide) groups is 1. The van der Waals surface area contributed by atoms with E-state index < -0.39 is 6.04 Å². The number of β-lactam (4-membered cyclic amide) rings is 1. The number of nitrogens with zero attached hydrogens (tertiary/aromatic N) is 5. The Morgan fingerprint density at radius 2 is 2.07 bits per heavy atom. The molecule has 2 aliphatic rings. The maximum atomic E-state index is 13.1. The van der Waals surface area contributed by atoms with Crippen LogP contribution in [0.15, 0.2) is 34.9 Å². The average Bonchev–Trinajstić information content (AvgIpc) is 3.43. The molecule has 5 rings (SSSR count). The fraction of sp³-hybridized carbons (Fsp3) is 0.368. The third kappa shape index (κ3) is 2.72. The van der Waals surface area contributed by atoms with Crippen LogP contribution in [-0.2, 0) is 4.79 Å². The quantitative estimate of drug-likeness (QED) is 0.604. The van der Waals surface area contributed by atoms with Crippen LogP contribution < -0.4 is 5.32 Å². The fourth-order valence-corrected chi connectivity index (χ4v) is 5.75. The molecular formula is C19H19N7O3S. The van der Waals surface area contributed by atoms with Gasteiger partial charge in [-0.1, -0.05) is 35.5 Å². The molecule has 30 heavy (non-hydrogen) atoms. The molecule has 0 saturated carbocycles. The minimum atomic E-state index is -0.638. The number of nitrogens with one attached hydrogen (secondary N) is 2. The van der Waals surface area contributed by atoms with Crippen molar-refractivity contribution in [3.8, 4) is 11.3 Å². The van der Waals surface area contributed by atoms with E-state index in [0.29, 0.717) is 22.8 Å². The van der Waals surface area contributed by atoms with Crippen LogP contribution in [0.25, 0.3) is 11.3 Å². The number of aromatic nitrogens is 5. The molecule has 1 aromatic carbocycles. The first-order valence-electron chi connectivity index (χ1n) is 9.44. The van der Waals surface area contributed by atoms with E-state index in [4.69, 9.17) is 4.52 Å². The Morgan fingerprint density at radius 1 is 1.30 bits per heavy atom. The van der Waals surface area contributed by atoms with Crippen molar-refractivity contribution < 1.29 is 14.1 Å². The van der Waals surface area contributed by atoms with Gasteiger partial charge in [0.05, 0.1) is 0 Å². The SMILES string of the molecule is Cc1onc(-c2ccccc2)c1C(=O)NC1C(=O)N2C(c3nnn[nH]3)C(C)(C)S[C@H]12. The van der Waals surface area contributed by atoms with Gasteiger partial charge in [-0.3, -0.25) is 9.59 Å². The van der Waals surface area contributed by atoms with E-state index in [1.807, 2.05) is 44.2 Å². The van der Waals surface area contributed by atoms with Crippen LogP contribution in [-0.4, -0.2) is 58.7 Å². The highest BCUT2D eigenvalue weighted by atomic mass is 32.2. The Morgan fingerprint density at radius 3 is 2.77 bits per heavy atom. The molecule has 2 saturated heterocycles. The monoisotopic (exact) mass is 425 g/mol. The fourth-order valence-electron chi connectivity index (χ4n) is 4.12. The summed E-state index contributed by atoms with van der Waals surface area (Å²) in [5, 5.41) is 20.8. The van der Waals surface area contributed by atoms with Gasteiger partial charge in [0.25, 0.3) is 5.91 Å². The van der Waals surface area contributed by atoms with Gasteiger partial charge in [-0.05, 0) is 31.2 Å². The lowest BCUT2D eigenvalue weighted by Gasteiger charge is -2.44. The van der Waals surface area contributed by atoms with Crippen molar-refractivity contribution in [3.63, 3.8) is 0 Å². The third-order valence-corrected chi connectivity index (χ3v) is 7.06. The highest BCUT2D eigenvalue weighted by Crippen LogP contribution is 2.56. The first-order valence-corrected chi connectivity index (χ1v) is 10.3. The minimum absolute atomic E-state index is 0.164. The van der Waals surface area contributed by atoms with Crippen LogP contribution in [0.2, 0.25) is 0 Å².